The number of hydrogen-bond donors (Lipinski definition) is 0. The van der Waals surface area contributed by atoms with Gasteiger partial charge in [0, 0.05) is 6.42 Å². The van der Waals surface area contributed by atoms with Crippen LogP contribution in [0.3, 0.4) is 0 Å². The quantitative estimate of drug-likeness (QED) is 0.399. The van der Waals surface area contributed by atoms with Gasteiger partial charge in [0.1, 0.15) is 6.54 Å². The molecule has 0 aliphatic carbocycles. The lowest BCUT2D eigenvalue weighted by Gasteiger charge is -2.22. The zero-order chi connectivity index (χ0) is 22.8. The van der Waals surface area contributed by atoms with Gasteiger partial charge in [0.2, 0.25) is 5.82 Å². The Morgan fingerprint density at radius 1 is 1.06 bits per heavy atom. The lowest BCUT2D eigenvalue weighted by Crippen LogP contribution is -2.31. The van der Waals surface area contributed by atoms with Gasteiger partial charge < -0.3 is 9.47 Å². The lowest BCUT2D eigenvalue weighted by atomic mass is 10.0. The average molecular weight is 481 g/mol. The molecule has 0 saturated carbocycles. The van der Waals surface area contributed by atoms with E-state index in [1.807, 2.05) is 53.2 Å². The lowest BCUT2D eigenvalue weighted by molar-refractivity contribution is -0.134. The van der Waals surface area contributed by atoms with Crippen LogP contribution in [0.25, 0.3) is 10.7 Å². The molecule has 33 heavy (non-hydrogen) atoms. The van der Waals surface area contributed by atoms with Crippen LogP contribution in [-0.4, -0.2) is 51.1 Å². The Bertz CT molecular complexity index is 1280. The van der Waals surface area contributed by atoms with E-state index in [-0.39, 0.29) is 18.5 Å². The van der Waals surface area contributed by atoms with Crippen molar-refractivity contribution >= 4 is 34.3 Å². The van der Waals surface area contributed by atoms with E-state index < -0.39 is 0 Å². The van der Waals surface area contributed by atoms with Gasteiger partial charge in [-0.25, -0.2) is 5.01 Å². The van der Waals surface area contributed by atoms with Crippen molar-refractivity contribution in [3.63, 3.8) is 0 Å². The van der Waals surface area contributed by atoms with Crippen LogP contribution in [0, 0.1) is 0 Å². The van der Waals surface area contributed by atoms with Crippen molar-refractivity contribution in [2.24, 2.45) is 5.10 Å². The van der Waals surface area contributed by atoms with Crippen LogP contribution in [0.2, 0.25) is 0 Å². The van der Waals surface area contributed by atoms with E-state index in [1.54, 1.807) is 25.6 Å². The summed E-state index contributed by atoms with van der Waals surface area (Å²) in [6, 6.07) is 13.2. The number of thiophene rings is 2. The van der Waals surface area contributed by atoms with Crippen LogP contribution in [-0.2, 0) is 11.3 Å². The number of hydrogen-bond acceptors (Lipinski definition) is 9. The summed E-state index contributed by atoms with van der Waals surface area (Å²) >= 11 is 3.12. The summed E-state index contributed by atoms with van der Waals surface area (Å²) in [5, 5.41) is 22.6. The molecule has 1 aliphatic heterocycles. The Labute approximate surface area is 197 Å². The molecule has 1 aliphatic rings. The fourth-order valence-electron chi connectivity index (χ4n) is 3.66. The summed E-state index contributed by atoms with van der Waals surface area (Å²) in [6.07, 6.45) is 0.590. The van der Waals surface area contributed by atoms with Gasteiger partial charge in [0.15, 0.2) is 11.5 Å². The molecular weight excluding hydrogens is 460 g/mol. The summed E-state index contributed by atoms with van der Waals surface area (Å²) in [6.45, 7) is -0.0661. The molecule has 0 bridgehead atoms. The first kappa shape index (κ1) is 21.3. The first-order valence-corrected chi connectivity index (χ1v) is 11.9. The van der Waals surface area contributed by atoms with Crippen molar-refractivity contribution in [1.82, 2.24) is 25.2 Å². The fourth-order valence-corrected chi connectivity index (χ4v) is 5.03. The predicted octanol–water partition coefficient (Wildman–Crippen LogP) is 3.86. The maximum absolute atomic E-state index is 13.3. The van der Waals surface area contributed by atoms with Crippen molar-refractivity contribution in [3.05, 3.63) is 63.7 Å². The minimum Gasteiger partial charge on any atom is -0.493 e. The predicted molar refractivity (Wildman–Crippen MR) is 126 cm³/mol. The molecule has 0 fully saturated rings. The van der Waals surface area contributed by atoms with E-state index in [1.165, 1.54) is 21.1 Å². The van der Waals surface area contributed by atoms with E-state index in [2.05, 4.69) is 15.4 Å². The molecule has 168 valence electrons. The second-order valence-corrected chi connectivity index (χ2v) is 9.11. The number of methoxy groups -OCH3 is 2. The van der Waals surface area contributed by atoms with E-state index >= 15 is 0 Å². The minimum absolute atomic E-state index is 0.0661. The number of benzene rings is 1. The highest BCUT2D eigenvalue weighted by Crippen LogP contribution is 2.38. The fraction of sp³-hybridized carbons (Fsp3) is 0.227. The summed E-state index contributed by atoms with van der Waals surface area (Å²) in [5.74, 6) is 1.50. The van der Waals surface area contributed by atoms with Gasteiger partial charge in [-0.1, -0.05) is 18.2 Å². The number of ether oxygens (including phenoxy) is 2. The molecule has 0 radical (unpaired) electrons. The van der Waals surface area contributed by atoms with Crippen LogP contribution in [0.15, 0.2) is 58.3 Å². The van der Waals surface area contributed by atoms with Gasteiger partial charge in [0.05, 0.1) is 35.7 Å². The van der Waals surface area contributed by atoms with Crippen LogP contribution >= 0.6 is 22.7 Å². The number of rotatable bonds is 7. The van der Waals surface area contributed by atoms with Gasteiger partial charge in [-0.05, 0) is 45.8 Å². The summed E-state index contributed by atoms with van der Waals surface area (Å²) in [4.78, 5) is 16.6. The highest BCUT2D eigenvalue weighted by molar-refractivity contribution is 7.13. The molecule has 0 N–H and O–H groups in total. The zero-order valence-corrected chi connectivity index (χ0v) is 19.5. The number of nitrogens with zero attached hydrogens (tertiary/aromatic N) is 6. The number of tetrazole rings is 1. The normalized spacial score (nSPS) is 15.5. The van der Waals surface area contributed by atoms with Gasteiger partial charge in [0.25, 0.3) is 5.91 Å². The van der Waals surface area contributed by atoms with Crippen molar-refractivity contribution < 1.29 is 14.3 Å². The van der Waals surface area contributed by atoms with Crippen LogP contribution in [0.5, 0.6) is 11.5 Å². The molecule has 0 spiro atoms. The van der Waals surface area contributed by atoms with Crippen molar-refractivity contribution in [1.29, 1.82) is 0 Å². The molecule has 9 nitrogen and oxygen atoms in total. The number of carbonyl (C=O) groups excluding carboxylic acids is 1. The minimum atomic E-state index is -0.283. The summed E-state index contributed by atoms with van der Waals surface area (Å²) in [5.41, 5.74) is 1.77. The smallest absolute Gasteiger partial charge is 0.266 e. The third-order valence-corrected chi connectivity index (χ3v) is 7.02. The first-order valence-electron chi connectivity index (χ1n) is 10.1. The number of aromatic nitrogens is 4. The first-order chi connectivity index (χ1) is 16.2. The highest BCUT2D eigenvalue weighted by Gasteiger charge is 2.34. The molecule has 4 heterocycles. The third-order valence-electron chi connectivity index (χ3n) is 5.23. The number of amides is 1. The third kappa shape index (κ3) is 4.24. The van der Waals surface area contributed by atoms with Crippen molar-refractivity contribution in [2.75, 3.05) is 14.2 Å². The van der Waals surface area contributed by atoms with Gasteiger partial charge in [-0.3, -0.25) is 4.79 Å². The van der Waals surface area contributed by atoms with Crippen LogP contribution in [0.4, 0.5) is 0 Å². The monoisotopic (exact) mass is 480 g/mol. The molecule has 5 rings (SSSR count). The van der Waals surface area contributed by atoms with Crippen molar-refractivity contribution in [3.8, 4) is 22.2 Å². The van der Waals surface area contributed by atoms with Crippen LogP contribution < -0.4 is 9.47 Å². The Hall–Kier alpha value is -3.57. The topological polar surface area (TPSA) is 94.7 Å². The van der Waals surface area contributed by atoms with Gasteiger partial charge >= 0.3 is 0 Å². The number of hydrazone groups is 1. The second kappa shape index (κ2) is 9.12. The SMILES string of the molecule is COc1ccc(C2CC(c3cccs3)=NN2C(=O)Cn2nnc(-c3cccs3)n2)cc1OC. The van der Waals surface area contributed by atoms with E-state index in [0.29, 0.717) is 23.7 Å². The Balaban J connectivity index is 1.43. The maximum Gasteiger partial charge on any atom is 0.266 e. The number of carbonyl (C=O) groups is 1. The van der Waals surface area contributed by atoms with Crippen LogP contribution in [0.1, 0.15) is 22.9 Å². The molecule has 3 aromatic heterocycles. The molecule has 1 amide bonds. The maximum atomic E-state index is 13.3. The van der Waals surface area contributed by atoms with Crippen molar-refractivity contribution in [2.45, 2.75) is 19.0 Å². The highest BCUT2D eigenvalue weighted by atomic mass is 32.1. The largest absolute Gasteiger partial charge is 0.493 e. The Morgan fingerprint density at radius 3 is 2.52 bits per heavy atom. The summed E-state index contributed by atoms with van der Waals surface area (Å²) < 4.78 is 10.8. The Kier molecular flexibility index (Phi) is 5.88. The standard InChI is InChI=1S/C22H20N6O3S2/c1-30-17-8-7-14(11-18(17)31-2)16-12-15(19-5-3-9-32-19)24-28(16)21(29)13-27-25-22(23-26-27)20-6-4-10-33-20/h3-11,16H,12-13H2,1-2H3. The van der Waals surface area contributed by atoms with E-state index in [4.69, 9.17) is 14.6 Å². The van der Waals surface area contributed by atoms with E-state index in [0.717, 1.165) is 21.0 Å². The Morgan fingerprint density at radius 2 is 1.82 bits per heavy atom. The van der Waals surface area contributed by atoms with Gasteiger partial charge in [-0.15, -0.1) is 32.9 Å². The van der Waals surface area contributed by atoms with E-state index in [9.17, 15) is 4.79 Å². The van der Waals surface area contributed by atoms with Gasteiger partial charge in [-0.2, -0.15) is 9.90 Å². The molecular formula is C22H20N6O3S2. The zero-order valence-electron chi connectivity index (χ0n) is 17.9. The molecule has 0 saturated heterocycles. The molecule has 1 atom stereocenters. The molecule has 1 unspecified atom stereocenters. The summed E-state index contributed by atoms with van der Waals surface area (Å²) in [7, 11) is 3.19. The molecule has 4 aromatic rings. The average Bonchev–Trinajstić information content (AvgIpc) is 3.63. The molecule has 11 heteroatoms. The molecule has 1 aromatic carbocycles. The second-order valence-electron chi connectivity index (χ2n) is 7.22.